The van der Waals surface area contributed by atoms with Gasteiger partial charge in [0, 0.05) is 18.7 Å². The Morgan fingerprint density at radius 2 is 1.95 bits per heavy atom. The minimum absolute atomic E-state index is 0.229. The molecule has 0 saturated carbocycles. The number of hydrogen-bond acceptors (Lipinski definition) is 3. The topological polar surface area (TPSA) is 46.2 Å². The van der Waals surface area contributed by atoms with Gasteiger partial charge in [0.1, 0.15) is 0 Å². The van der Waals surface area contributed by atoms with E-state index < -0.39 is 9.84 Å². The first-order chi connectivity index (χ1) is 8.99. The van der Waals surface area contributed by atoms with Crippen molar-refractivity contribution in [2.75, 3.05) is 12.8 Å². The van der Waals surface area contributed by atoms with E-state index in [1.165, 1.54) is 6.26 Å². The van der Waals surface area contributed by atoms with Gasteiger partial charge in [-0.15, -0.1) is 12.3 Å². The van der Waals surface area contributed by atoms with E-state index in [-0.39, 0.29) is 6.04 Å². The minimum Gasteiger partial charge on any atom is -0.310 e. The summed E-state index contributed by atoms with van der Waals surface area (Å²) in [6.07, 6.45) is 9.16. The number of hydrogen-bond donors (Lipinski definition) is 1. The van der Waals surface area contributed by atoms with Crippen molar-refractivity contribution in [3.63, 3.8) is 0 Å². The zero-order chi connectivity index (χ0) is 14.3. The van der Waals surface area contributed by atoms with Crippen molar-refractivity contribution < 1.29 is 8.42 Å². The van der Waals surface area contributed by atoms with Crippen LogP contribution < -0.4 is 5.32 Å². The Hall–Kier alpha value is -1.31. The Morgan fingerprint density at radius 1 is 1.32 bits per heavy atom. The second-order valence-electron chi connectivity index (χ2n) is 4.55. The van der Waals surface area contributed by atoms with Crippen molar-refractivity contribution in [3.05, 3.63) is 29.8 Å². The zero-order valence-electron chi connectivity index (χ0n) is 11.5. The van der Waals surface area contributed by atoms with Crippen molar-refractivity contribution in [2.24, 2.45) is 0 Å². The molecule has 0 radical (unpaired) electrons. The lowest BCUT2D eigenvalue weighted by Gasteiger charge is -2.18. The third-order valence-corrected chi connectivity index (χ3v) is 4.10. The Morgan fingerprint density at radius 3 is 2.42 bits per heavy atom. The van der Waals surface area contributed by atoms with Crippen LogP contribution in [0.3, 0.4) is 0 Å². The molecule has 0 aliphatic heterocycles. The molecule has 0 aliphatic rings. The molecule has 0 bridgehead atoms. The van der Waals surface area contributed by atoms with E-state index in [1.807, 2.05) is 12.1 Å². The van der Waals surface area contributed by atoms with Gasteiger partial charge in [0.05, 0.1) is 4.90 Å². The Labute approximate surface area is 116 Å². The lowest BCUT2D eigenvalue weighted by atomic mass is 10.0. The molecular weight excluding hydrogens is 258 g/mol. The highest BCUT2D eigenvalue weighted by Crippen LogP contribution is 2.21. The fourth-order valence-electron chi connectivity index (χ4n) is 1.99. The molecule has 0 aliphatic carbocycles. The standard InChI is InChI=1S/C15H21NO2S/c1-4-6-7-8-15(16-5-2)13-9-11-14(12-10-13)19(3,17)18/h1,9-12,15-16H,5-8H2,2-3H3. The van der Waals surface area contributed by atoms with Crippen LogP contribution in [0.15, 0.2) is 29.2 Å². The van der Waals surface area contributed by atoms with Crippen molar-refractivity contribution in [1.29, 1.82) is 0 Å². The van der Waals surface area contributed by atoms with Crippen LogP contribution in [0.5, 0.6) is 0 Å². The lowest BCUT2D eigenvalue weighted by Crippen LogP contribution is -2.20. The zero-order valence-corrected chi connectivity index (χ0v) is 12.3. The third-order valence-electron chi connectivity index (χ3n) is 2.98. The summed E-state index contributed by atoms with van der Waals surface area (Å²) >= 11 is 0. The molecule has 1 atom stereocenters. The summed E-state index contributed by atoms with van der Waals surface area (Å²) in [5.74, 6) is 2.64. The van der Waals surface area contributed by atoms with Gasteiger partial charge in [0.25, 0.3) is 0 Å². The van der Waals surface area contributed by atoms with Gasteiger partial charge < -0.3 is 5.32 Å². The van der Waals surface area contributed by atoms with Crippen LogP contribution in [0.25, 0.3) is 0 Å². The summed E-state index contributed by atoms with van der Waals surface area (Å²) in [7, 11) is -3.13. The average Bonchev–Trinajstić information content (AvgIpc) is 2.37. The van der Waals surface area contributed by atoms with Crippen LogP contribution in [0.1, 0.15) is 37.8 Å². The molecule has 1 aromatic rings. The first kappa shape index (κ1) is 15.7. The number of rotatable bonds is 7. The fourth-order valence-corrected chi connectivity index (χ4v) is 2.62. The third kappa shape index (κ3) is 5.06. The number of unbranched alkanes of at least 4 members (excludes halogenated alkanes) is 1. The molecule has 0 amide bonds. The van der Waals surface area contributed by atoms with Crippen LogP contribution in [-0.4, -0.2) is 21.2 Å². The van der Waals surface area contributed by atoms with E-state index in [2.05, 4.69) is 18.2 Å². The highest BCUT2D eigenvalue weighted by molar-refractivity contribution is 7.90. The Kier molecular flexibility index (Phi) is 6.07. The maximum atomic E-state index is 11.4. The predicted octanol–water partition coefficient (Wildman–Crippen LogP) is 2.54. The number of sulfone groups is 1. The van der Waals surface area contributed by atoms with Crippen LogP contribution in [-0.2, 0) is 9.84 Å². The molecular formula is C15H21NO2S. The molecule has 0 spiro atoms. The minimum atomic E-state index is -3.13. The van der Waals surface area contributed by atoms with Crippen molar-refractivity contribution in [1.82, 2.24) is 5.32 Å². The van der Waals surface area contributed by atoms with Gasteiger partial charge in [-0.2, -0.15) is 0 Å². The summed E-state index contributed by atoms with van der Waals surface area (Å²) < 4.78 is 22.8. The van der Waals surface area contributed by atoms with E-state index in [0.717, 1.165) is 31.4 Å². The quantitative estimate of drug-likeness (QED) is 0.616. The predicted molar refractivity (Wildman–Crippen MR) is 78.7 cm³/mol. The number of nitrogens with one attached hydrogen (secondary N) is 1. The number of benzene rings is 1. The smallest absolute Gasteiger partial charge is 0.175 e. The van der Waals surface area contributed by atoms with Gasteiger partial charge in [-0.25, -0.2) is 8.42 Å². The van der Waals surface area contributed by atoms with Crippen molar-refractivity contribution >= 4 is 9.84 Å². The van der Waals surface area contributed by atoms with Gasteiger partial charge in [0.2, 0.25) is 0 Å². The molecule has 0 fully saturated rings. The molecule has 1 rings (SSSR count). The molecule has 0 saturated heterocycles. The first-order valence-corrected chi connectivity index (χ1v) is 8.35. The van der Waals surface area contributed by atoms with Crippen LogP contribution in [0, 0.1) is 12.3 Å². The maximum Gasteiger partial charge on any atom is 0.175 e. The van der Waals surface area contributed by atoms with E-state index in [9.17, 15) is 8.42 Å². The van der Waals surface area contributed by atoms with Crippen LogP contribution >= 0.6 is 0 Å². The van der Waals surface area contributed by atoms with E-state index >= 15 is 0 Å². The summed E-state index contributed by atoms with van der Waals surface area (Å²) in [6, 6.07) is 7.30. The fraction of sp³-hybridized carbons (Fsp3) is 0.467. The summed E-state index contributed by atoms with van der Waals surface area (Å²) in [6.45, 7) is 2.92. The monoisotopic (exact) mass is 279 g/mol. The lowest BCUT2D eigenvalue weighted by molar-refractivity contribution is 0.501. The molecule has 3 nitrogen and oxygen atoms in total. The molecule has 104 valence electrons. The molecule has 1 N–H and O–H groups in total. The molecule has 0 heterocycles. The summed E-state index contributed by atoms with van der Waals surface area (Å²) in [5, 5.41) is 3.40. The highest BCUT2D eigenvalue weighted by Gasteiger charge is 2.12. The van der Waals surface area contributed by atoms with E-state index in [0.29, 0.717) is 4.90 Å². The van der Waals surface area contributed by atoms with Gasteiger partial charge in [-0.05, 0) is 37.1 Å². The second kappa shape index (κ2) is 7.32. The Bertz CT molecular complexity index is 526. The molecule has 0 aromatic heterocycles. The summed E-state index contributed by atoms with van der Waals surface area (Å²) in [4.78, 5) is 0.357. The van der Waals surface area contributed by atoms with Crippen molar-refractivity contribution in [2.45, 2.75) is 37.1 Å². The van der Waals surface area contributed by atoms with Gasteiger partial charge in [-0.1, -0.05) is 19.1 Å². The van der Waals surface area contributed by atoms with Gasteiger partial charge in [-0.3, -0.25) is 0 Å². The molecule has 1 aromatic carbocycles. The largest absolute Gasteiger partial charge is 0.310 e. The second-order valence-corrected chi connectivity index (χ2v) is 6.56. The molecule has 1 unspecified atom stereocenters. The van der Waals surface area contributed by atoms with E-state index in [1.54, 1.807) is 12.1 Å². The van der Waals surface area contributed by atoms with Crippen LogP contribution in [0.4, 0.5) is 0 Å². The van der Waals surface area contributed by atoms with Gasteiger partial charge >= 0.3 is 0 Å². The first-order valence-electron chi connectivity index (χ1n) is 6.46. The molecule has 19 heavy (non-hydrogen) atoms. The Balaban J connectivity index is 2.82. The maximum absolute atomic E-state index is 11.4. The normalized spacial score (nSPS) is 12.9. The summed E-state index contributed by atoms with van der Waals surface area (Å²) in [5.41, 5.74) is 1.10. The van der Waals surface area contributed by atoms with Crippen LogP contribution in [0.2, 0.25) is 0 Å². The van der Waals surface area contributed by atoms with Crippen molar-refractivity contribution in [3.8, 4) is 12.3 Å². The van der Waals surface area contributed by atoms with E-state index in [4.69, 9.17) is 6.42 Å². The van der Waals surface area contributed by atoms with Gasteiger partial charge in [0.15, 0.2) is 9.84 Å². The average molecular weight is 279 g/mol. The SMILES string of the molecule is C#CCCCC(NCC)c1ccc(S(C)(=O)=O)cc1. The molecule has 4 heteroatoms. The highest BCUT2D eigenvalue weighted by atomic mass is 32.2. The number of terminal acetylenes is 1.